The van der Waals surface area contributed by atoms with Crippen molar-refractivity contribution in [2.75, 3.05) is 23.3 Å². The second-order valence-corrected chi connectivity index (χ2v) is 6.95. The molecule has 2 aromatic carbocycles. The van der Waals surface area contributed by atoms with Crippen molar-refractivity contribution in [3.63, 3.8) is 0 Å². The third kappa shape index (κ3) is 4.77. The quantitative estimate of drug-likeness (QED) is 0.640. The molecule has 1 saturated heterocycles. The normalized spacial score (nSPS) is 15.8. The van der Waals surface area contributed by atoms with E-state index < -0.39 is 40.7 Å². The highest BCUT2D eigenvalue weighted by atomic mass is 32.1. The molecular formula is C19H17F2N3O4S. The van der Waals surface area contributed by atoms with Gasteiger partial charge in [-0.05, 0) is 31.2 Å². The first-order chi connectivity index (χ1) is 13.7. The zero-order valence-corrected chi connectivity index (χ0v) is 16.1. The number of aromatic hydroxyl groups is 1. The Hall–Kier alpha value is -3.27. The number of amides is 1. The maximum absolute atomic E-state index is 14.6. The number of ether oxygens (including phenoxy) is 1. The zero-order valence-electron chi connectivity index (χ0n) is 15.2. The summed E-state index contributed by atoms with van der Waals surface area (Å²) < 4.78 is 34.3. The second kappa shape index (κ2) is 8.39. The number of benzene rings is 1. The van der Waals surface area contributed by atoms with E-state index in [9.17, 15) is 23.5 Å². The van der Waals surface area contributed by atoms with Crippen LogP contribution in [0.4, 0.5) is 30.6 Å². The highest BCUT2D eigenvalue weighted by Crippen LogP contribution is 2.30. The van der Waals surface area contributed by atoms with Gasteiger partial charge >= 0.3 is 6.09 Å². The number of rotatable bonds is 5. The fraction of sp³-hybridized carbons (Fsp3) is 0.211. The van der Waals surface area contributed by atoms with Crippen molar-refractivity contribution in [2.24, 2.45) is 0 Å². The van der Waals surface area contributed by atoms with Gasteiger partial charge in [0.1, 0.15) is 11.8 Å². The van der Waals surface area contributed by atoms with Crippen LogP contribution in [0.15, 0.2) is 41.2 Å². The lowest BCUT2D eigenvalue weighted by Gasteiger charge is -2.16. The van der Waals surface area contributed by atoms with Crippen molar-refractivity contribution >= 4 is 40.4 Å². The highest BCUT2D eigenvalue weighted by molar-refractivity contribution is 7.80. The van der Waals surface area contributed by atoms with E-state index in [0.717, 1.165) is 29.2 Å². The SMILES string of the molecule is CC(=S)NC[C@H]1CN(c2cc(F)c(Nc3ccc(O)c(=O)cc3)c(F)c2)C(=O)O1. The molecule has 0 aromatic heterocycles. The van der Waals surface area contributed by atoms with E-state index in [1.807, 2.05) is 0 Å². The third-order valence-corrected chi connectivity index (χ3v) is 4.29. The van der Waals surface area contributed by atoms with Crippen LogP contribution in [0.5, 0.6) is 5.75 Å². The number of cyclic esters (lactones) is 1. The molecule has 3 rings (SSSR count). The minimum absolute atomic E-state index is 0.00947. The van der Waals surface area contributed by atoms with Gasteiger partial charge in [-0.1, -0.05) is 12.2 Å². The Morgan fingerprint density at radius 1 is 1.24 bits per heavy atom. The topological polar surface area (TPSA) is 90.9 Å². The summed E-state index contributed by atoms with van der Waals surface area (Å²) in [5, 5.41) is 14.8. The van der Waals surface area contributed by atoms with Crippen LogP contribution in [0.1, 0.15) is 6.92 Å². The Morgan fingerprint density at radius 3 is 2.55 bits per heavy atom. The Bertz CT molecular complexity index is 1010. The number of halogens is 2. The maximum Gasteiger partial charge on any atom is 0.414 e. The second-order valence-electron chi connectivity index (χ2n) is 6.33. The first kappa shape index (κ1) is 20.5. The molecule has 1 atom stereocenters. The summed E-state index contributed by atoms with van der Waals surface area (Å²) in [5.41, 5.74) is -0.894. The molecule has 0 radical (unpaired) electrons. The van der Waals surface area contributed by atoms with Crippen molar-refractivity contribution < 1.29 is 23.4 Å². The predicted octanol–water partition coefficient (Wildman–Crippen LogP) is 3.04. The first-order valence-corrected chi connectivity index (χ1v) is 8.97. The minimum atomic E-state index is -0.942. The van der Waals surface area contributed by atoms with E-state index in [4.69, 9.17) is 17.0 Å². The Kier molecular flexibility index (Phi) is 5.92. The number of anilines is 3. The fourth-order valence-corrected chi connectivity index (χ4v) is 2.80. The van der Waals surface area contributed by atoms with Gasteiger partial charge in [0.25, 0.3) is 0 Å². The molecule has 0 spiro atoms. The predicted molar refractivity (Wildman–Crippen MR) is 108 cm³/mol. The molecular weight excluding hydrogens is 404 g/mol. The molecule has 0 saturated carbocycles. The summed E-state index contributed by atoms with van der Waals surface area (Å²) in [6.45, 7) is 2.09. The summed E-state index contributed by atoms with van der Waals surface area (Å²) in [7, 11) is 0. The highest BCUT2D eigenvalue weighted by Gasteiger charge is 2.33. The van der Waals surface area contributed by atoms with E-state index >= 15 is 0 Å². The van der Waals surface area contributed by atoms with Gasteiger partial charge < -0.3 is 20.5 Å². The van der Waals surface area contributed by atoms with E-state index in [0.29, 0.717) is 11.5 Å². The molecule has 0 aliphatic carbocycles. The van der Waals surface area contributed by atoms with Gasteiger partial charge in [0.05, 0.1) is 23.8 Å². The number of nitrogens with zero attached hydrogens (tertiary/aromatic N) is 1. The van der Waals surface area contributed by atoms with Crippen LogP contribution >= 0.6 is 12.2 Å². The summed E-state index contributed by atoms with van der Waals surface area (Å²) >= 11 is 4.90. The monoisotopic (exact) mass is 421 g/mol. The maximum atomic E-state index is 14.6. The molecule has 29 heavy (non-hydrogen) atoms. The smallest absolute Gasteiger partial charge is 0.414 e. The molecule has 7 nitrogen and oxygen atoms in total. The third-order valence-electron chi connectivity index (χ3n) is 4.15. The first-order valence-electron chi connectivity index (χ1n) is 8.56. The van der Waals surface area contributed by atoms with Crippen molar-refractivity contribution in [2.45, 2.75) is 13.0 Å². The molecule has 0 unspecified atom stereocenters. The lowest BCUT2D eigenvalue weighted by molar-refractivity contribution is 0.143. The molecule has 0 bridgehead atoms. The van der Waals surface area contributed by atoms with E-state index in [-0.39, 0.29) is 17.9 Å². The number of thiocarbonyl (C=S) groups is 1. The van der Waals surface area contributed by atoms with Gasteiger partial charge in [-0.3, -0.25) is 9.69 Å². The zero-order chi connectivity index (χ0) is 21.1. The van der Waals surface area contributed by atoms with Crippen LogP contribution in [0, 0.1) is 11.6 Å². The van der Waals surface area contributed by atoms with Gasteiger partial charge in [0.15, 0.2) is 17.4 Å². The van der Waals surface area contributed by atoms with Crippen LogP contribution in [-0.2, 0) is 4.74 Å². The Balaban J connectivity index is 1.81. The standard InChI is InChI=1S/C19H17F2N3O4S/c1-10(29)22-8-13-9-24(19(27)28-13)12-6-14(20)18(15(21)7-12)23-11-2-4-16(25)17(26)5-3-11/h2-7,13,23H,8-9H2,1H3,(H,22,29)(H,25,26)/t13-/m0/s1. The summed E-state index contributed by atoms with van der Waals surface area (Å²) in [6, 6.07) is 6.78. The summed E-state index contributed by atoms with van der Waals surface area (Å²) in [6.07, 6.45) is -1.23. The van der Waals surface area contributed by atoms with E-state index in [1.165, 1.54) is 12.1 Å². The minimum Gasteiger partial charge on any atom is -0.504 e. The van der Waals surface area contributed by atoms with Gasteiger partial charge in [0.2, 0.25) is 5.43 Å². The molecule has 1 heterocycles. The largest absolute Gasteiger partial charge is 0.504 e. The lowest BCUT2D eigenvalue weighted by atomic mass is 10.2. The van der Waals surface area contributed by atoms with E-state index in [1.54, 1.807) is 6.92 Å². The molecule has 1 fully saturated rings. The molecule has 3 N–H and O–H groups in total. The molecule has 1 aliphatic heterocycles. The number of carbonyl (C=O) groups is 1. The molecule has 1 aliphatic rings. The average molecular weight is 421 g/mol. The van der Waals surface area contributed by atoms with Crippen molar-refractivity contribution in [1.82, 2.24) is 5.32 Å². The van der Waals surface area contributed by atoms with Gasteiger partial charge in [0, 0.05) is 17.8 Å². The average Bonchev–Trinajstić information content (AvgIpc) is 2.96. The van der Waals surface area contributed by atoms with Crippen LogP contribution in [0.2, 0.25) is 0 Å². The molecule has 2 aromatic rings. The van der Waals surface area contributed by atoms with Crippen molar-refractivity contribution in [3.8, 4) is 5.75 Å². The van der Waals surface area contributed by atoms with Crippen LogP contribution in [0.3, 0.4) is 0 Å². The summed E-state index contributed by atoms with van der Waals surface area (Å²) in [5.74, 6) is -2.38. The van der Waals surface area contributed by atoms with Crippen LogP contribution in [-0.4, -0.2) is 35.4 Å². The van der Waals surface area contributed by atoms with E-state index in [2.05, 4.69) is 10.6 Å². The Labute approximate surface area is 169 Å². The lowest BCUT2D eigenvalue weighted by Crippen LogP contribution is -2.32. The number of nitrogens with one attached hydrogen (secondary N) is 2. The molecule has 1 amide bonds. The number of hydrogen-bond acceptors (Lipinski definition) is 6. The number of carbonyl (C=O) groups excluding carboxylic acids is 1. The van der Waals surface area contributed by atoms with Gasteiger partial charge in [-0.15, -0.1) is 0 Å². The molecule has 152 valence electrons. The van der Waals surface area contributed by atoms with Gasteiger partial charge in [-0.2, -0.15) is 0 Å². The fourth-order valence-electron chi connectivity index (χ4n) is 2.72. The number of hydrogen-bond donors (Lipinski definition) is 3. The summed E-state index contributed by atoms with van der Waals surface area (Å²) in [4.78, 5) is 25.1. The van der Waals surface area contributed by atoms with Crippen molar-refractivity contribution in [1.29, 1.82) is 0 Å². The van der Waals surface area contributed by atoms with Crippen LogP contribution in [0.25, 0.3) is 0 Å². The molecule has 10 heteroatoms. The Morgan fingerprint density at radius 2 is 1.90 bits per heavy atom. The van der Waals surface area contributed by atoms with Crippen molar-refractivity contribution in [3.05, 3.63) is 58.3 Å². The van der Waals surface area contributed by atoms with Gasteiger partial charge in [-0.25, -0.2) is 13.6 Å². The van der Waals surface area contributed by atoms with Crippen LogP contribution < -0.4 is 21.0 Å².